The summed E-state index contributed by atoms with van der Waals surface area (Å²) >= 11 is 0. The number of fused-ring (bicyclic) bond motifs is 6. The van der Waals surface area contributed by atoms with Crippen molar-refractivity contribution in [3.63, 3.8) is 0 Å². The Morgan fingerprint density at radius 2 is 1.66 bits per heavy atom. The minimum absolute atomic E-state index is 0.0537. The van der Waals surface area contributed by atoms with Crippen LogP contribution in [0, 0.1) is 0 Å². The molecule has 9 N–H and O–H groups in total. The summed E-state index contributed by atoms with van der Waals surface area (Å²) in [7, 11) is -8.61. The monoisotopic (exact) mass is 1220 g/mol. The molecule has 7 heterocycles. The number of piperidine rings is 2. The molecule has 10 rings (SSSR count). The topological polar surface area (TPSA) is 374 Å². The van der Waals surface area contributed by atoms with Gasteiger partial charge in [-0.25, -0.2) is 8.42 Å². The van der Waals surface area contributed by atoms with Gasteiger partial charge in [0.1, 0.15) is 35.6 Å². The Morgan fingerprint density at radius 3 is 2.37 bits per heavy atom. The highest BCUT2D eigenvalue weighted by Crippen LogP contribution is 2.50. The molecule has 0 unspecified atom stereocenters. The maximum atomic E-state index is 15.0. The predicted molar refractivity (Wildman–Crippen MR) is 306 cm³/mol. The van der Waals surface area contributed by atoms with Crippen LogP contribution in [-0.2, 0) is 66.5 Å². The van der Waals surface area contributed by atoms with Gasteiger partial charge < -0.3 is 60.8 Å². The first kappa shape index (κ1) is 61.3. The number of benzene rings is 3. The molecule has 4 aromatic rings. The molecule has 6 aliphatic heterocycles. The van der Waals surface area contributed by atoms with Gasteiger partial charge in [0.2, 0.25) is 41.4 Å². The van der Waals surface area contributed by atoms with Crippen LogP contribution in [0.3, 0.4) is 0 Å². The number of H-pyrrole nitrogens is 1. The minimum Gasteiger partial charge on any atom is -0.492 e. The van der Waals surface area contributed by atoms with E-state index >= 15 is 4.79 Å². The number of ether oxygens (including phenoxy) is 1. The summed E-state index contributed by atoms with van der Waals surface area (Å²) in [6.07, 6.45) is 3.62. The maximum Gasteiger partial charge on any atom is 0.396 e. The van der Waals surface area contributed by atoms with Crippen molar-refractivity contribution in [1.82, 2.24) is 45.9 Å². The molecule has 4 fully saturated rings. The van der Waals surface area contributed by atoms with Crippen LogP contribution in [0.2, 0.25) is 0 Å². The van der Waals surface area contributed by atoms with Crippen molar-refractivity contribution in [3.05, 3.63) is 94.2 Å². The average Bonchev–Trinajstić information content (AvgIpc) is 1.67. The zero-order valence-electron chi connectivity index (χ0n) is 47.3. The number of nitrogens with one attached hydrogen (secondary N) is 5. The number of nitrogens with zero attached hydrogens (tertiary/aromatic N) is 4. The SMILES string of the molecule is CCS(=O)(=O)c1ccc(CNC(=O)[C@H](CCC(N)=O)NC(=O)[C@@H]2CC[C@@H]3CCN(C(=O)CCCCN4CCC5(CC4)COc4c5ccc5c4CN([C@H]4CCC(=O)NC4=O)C5=O)C[C@H](NC(=O)c4cc5cc(C(=O)P(=O)(O)O)ccc5[nH]4)C(=O)N32)cc1. The molecule has 9 amide bonds. The van der Waals surface area contributed by atoms with Crippen LogP contribution in [0.1, 0.15) is 132 Å². The molecule has 28 heteroatoms. The minimum atomic E-state index is -5.14. The van der Waals surface area contributed by atoms with E-state index in [-0.39, 0.29) is 122 Å². The van der Waals surface area contributed by atoms with Crippen LogP contribution in [0.25, 0.3) is 10.9 Å². The second-order valence-corrected chi connectivity index (χ2v) is 26.8. The lowest BCUT2D eigenvalue weighted by Crippen LogP contribution is -2.62. The maximum absolute atomic E-state index is 15.0. The van der Waals surface area contributed by atoms with Crippen LogP contribution in [-0.4, -0.2) is 177 Å². The highest BCUT2D eigenvalue weighted by atomic mass is 32.2. The van der Waals surface area contributed by atoms with Crippen LogP contribution >= 0.6 is 7.60 Å². The Bertz CT molecular complexity index is 3600. The lowest BCUT2D eigenvalue weighted by molar-refractivity contribution is -0.145. The number of unbranched alkanes of at least 4 members (excludes halogenated alkanes) is 1. The van der Waals surface area contributed by atoms with Gasteiger partial charge in [-0.05, 0) is 125 Å². The van der Waals surface area contributed by atoms with Crippen LogP contribution < -0.4 is 31.7 Å². The molecule has 1 spiro atoms. The summed E-state index contributed by atoms with van der Waals surface area (Å²) in [5.41, 5.74) is 6.60. The number of imide groups is 1. The van der Waals surface area contributed by atoms with E-state index in [0.29, 0.717) is 54.8 Å². The quantitative estimate of drug-likeness (QED) is 0.0352. The fourth-order valence-electron chi connectivity index (χ4n) is 12.7. The molecule has 0 bridgehead atoms. The average molecular weight is 1230 g/mol. The fraction of sp³-hybridized carbons (Fsp3) is 0.483. The molecule has 0 saturated carbocycles. The van der Waals surface area contributed by atoms with Gasteiger partial charge in [-0.3, -0.25) is 57.8 Å². The number of nitrogens with two attached hydrogens (primary N) is 1. The largest absolute Gasteiger partial charge is 0.492 e. The van der Waals surface area contributed by atoms with Crippen LogP contribution in [0.4, 0.5) is 0 Å². The Kier molecular flexibility index (Phi) is 17.7. The van der Waals surface area contributed by atoms with E-state index in [1.54, 1.807) is 12.1 Å². The molecular weight excluding hydrogens is 1160 g/mol. The Labute approximate surface area is 494 Å². The second kappa shape index (κ2) is 24.9. The summed E-state index contributed by atoms with van der Waals surface area (Å²) < 4.78 is 42.8. The van der Waals surface area contributed by atoms with Crippen LogP contribution in [0.15, 0.2) is 65.6 Å². The molecule has 0 aliphatic carbocycles. The molecule has 458 valence electrons. The third-order valence-corrected chi connectivity index (χ3v) is 20.2. The molecule has 0 radical (unpaired) electrons. The van der Waals surface area contributed by atoms with Crippen molar-refractivity contribution < 1.29 is 75.5 Å². The Balaban J connectivity index is 0.788. The zero-order valence-corrected chi connectivity index (χ0v) is 49.1. The number of carbonyl (C=O) groups is 10. The summed E-state index contributed by atoms with van der Waals surface area (Å²) in [6.45, 7) is 4.27. The highest BCUT2D eigenvalue weighted by Gasteiger charge is 2.49. The molecule has 6 aliphatic rings. The van der Waals surface area contributed by atoms with E-state index in [4.69, 9.17) is 10.5 Å². The molecular formula is C58H69N10O16PS. The smallest absolute Gasteiger partial charge is 0.396 e. The molecule has 86 heavy (non-hydrogen) atoms. The first-order valence-electron chi connectivity index (χ1n) is 28.9. The van der Waals surface area contributed by atoms with E-state index in [2.05, 4.69) is 31.2 Å². The van der Waals surface area contributed by atoms with Gasteiger partial charge in [-0.2, -0.15) is 0 Å². The lowest BCUT2D eigenvalue weighted by atomic mass is 9.74. The molecule has 5 atom stereocenters. The van der Waals surface area contributed by atoms with Gasteiger partial charge in [0, 0.05) is 83.5 Å². The van der Waals surface area contributed by atoms with Crippen molar-refractivity contribution in [1.29, 1.82) is 0 Å². The van der Waals surface area contributed by atoms with E-state index in [0.717, 1.165) is 37.1 Å². The number of carbonyl (C=O) groups excluding carboxylic acids is 10. The van der Waals surface area contributed by atoms with E-state index < -0.39 is 88.6 Å². The normalized spacial score (nSPS) is 21.6. The predicted octanol–water partition coefficient (Wildman–Crippen LogP) is 1.39. The Hall–Kier alpha value is -7.84. The summed E-state index contributed by atoms with van der Waals surface area (Å²) in [5, 5.41) is 10.8. The van der Waals surface area contributed by atoms with Crippen molar-refractivity contribution in [2.24, 2.45) is 5.73 Å². The third kappa shape index (κ3) is 12.8. The Morgan fingerprint density at radius 1 is 0.907 bits per heavy atom. The van der Waals surface area contributed by atoms with Crippen molar-refractivity contribution in [2.45, 2.75) is 138 Å². The summed E-state index contributed by atoms with van der Waals surface area (Å²) in [6, 6.07) is 9.67. The number of aromatic amines is 1. The van der Waals surface area contributed by atoms with E-state index in [9.17, 15) is 65.9 Å². The van der Waals surface area contributed by atoms with E-state index in [1.807, 2.05) is 12.1 Å². The molecule has 4 saturated heterocycles. The number of hydrogen-bond acceptors (Lipinski definition) is 15. The molecule has 3 aromatic carbocycles. The number of sulfone groups is 1. The van der Waals surface area contributed by atoms with Crippen molar-refractivity contribution in [2.75, 3.05) is 45.1 Å². The molecule has 26 nitrogen and oxygen atoms in total. The number of amides is 9. The summed E-state index contributed by atoms with van der Waals surface area (Å²) in [5.74, 6) is -4.34. The first-order chi connectivity index (χ1) is 40.9. The fourth-order valence-corrected chi connectivity index (χ4v) is 14.1. The number of likely N-dealkylation sites (tertiary alicyclic amines) is 1. The second-order valence-electron chi connectivity index (χ2n) is 23.0. The summed E-state index contributed by atoms with van der Waals surface area (Å²) in [4.78, 5) is 163. The zero-order chi connectivity index (χ0) is 61.4. The highest BCUT2D eigenvalue weighted by molar-refractivity contribution is 7.91. The van der Waals surface area contributed by atoms with Gasteiger partial charge in [0.25, 0.3) is 17.3 Å². The van der Waals surface area contributed by atoms with Gasteiger partial charge in [-0.15, -0.1) is 0 Å². The third-order valence-electron chi connectivity index (χ3n) is 17.6. The van der Waals surface area contributed by atoms with Crippen LogP contribution in [0.5, 0.6) is 5.75 Å². The standard InChI is InChI=1S/C58H69N10O16PS/c1-2-86(82,83)37-10-6-33(7-11-37)29-60-51(72)42(15-18-47(59)69)62-54(75)46-16-9-36-20-24-66(31-44(56(77)68(36)46)63-52(73)43-28-35-27-34(8-14-41(35)61-43)57(78)85(79,80)81)49(71)5-3-4-23-65-25-21-58(22-26-65)32-84-50-39-30-67(45-17-19-48(70)64-53(45)74)55(76)38(39)12-13-40(50)58/h6-8,10-14,27-28,36,42,44-46,61H,2-5,9,15-26,29-32H2,1H3,(H2,59,69)(H,60,72)(H,62,75)(H,63,73)(H,64,70,74)(H2,79,80,81)/t36-,42+,44+,45+,46+/m1/s1. The molecule has 1 aromatic heterocycles. The number of primary amides is 1. The van der Waals surface area contributed by atoms with E-state index in [1.165, 1.54) is 58.0 Å². The number of rotatable bonds is 20. The number of hydrogen-bond donors (Lipinski definition) is 8. The van der Waals surface area contributed by atoms with Gasteiger partial charge in [0.05, 0.1) is 23.8 Å². The number of aromatic nitrogens is 1. The lowest BCUT2D eigenvalue weighted by Gasteiger charge is -2.39. The first-order valence-corrected chi connectivity index (χ1v) is 32.2. The van der Waals surface area contributed by atoms with Gasteiger partial charge in [-0.1, -0.05) is 25.1 Å². The van der Waals surface area contributed by atoms with Crippen molar-refractivity contribution in [3.8, 4) is 5.75 Å². The van der Waals surface area contributed by atoms with Gasteiger partial charge in [0.15, 0.2) is 9.84 Å². The van der Waals surface area contributed by atoms with Gasteiger partial charge >= 0.3 is 7.60 Å². The van der Waals surface area contributed by atoms with Crippen molar-refractivity contribution >= 4 is 87.0 Å².